The third-order valence-electron chi connectivity index (χ3n) is 3.48. The number of amides is 2. The summed E-state index contributed by atoms with van der Waals surface area (Å²) in [6, 6.07) is 0.124. The third kappa shape index (κ3) is 2.65. The van der Waals surface area contributed by atoms with Crippen molar-refractivity contribution in [3.8, 4) is 0 Å². The first-order valence-electron chi connectivity index (χ1n) is 6.08. The van der Waals surface area contributed by atoms with Gasteiger partial charge in [0.15, 0.2) is 0 Å². The largest absolute Gasteiger partial charge is 0.388 e. The second kappa shape index (κ2) is 5.01. The van der Waals surface area contributed by atoms with Crippen molar-refractivity contribution in [2.24, 2.45) is 0 Å². The van der Waals surface area contributed by atoms with Gasteiger partial charge in [-0.15, -0.1) is 0 Å². The molecule has 2 atom stereocenters. The summed E-state index contributed by atoms with van der Waals surface area (Å²) < 4.78 is 0. The molecule has 1 aliphatic carbocycles. The predicted octanol–water partition coefficient (Wildman–Crippen LogP) is 0.0661. The number of aliphatic hydroxyl groups is 2. The summed E-state index contributed by atoms with van der Waals surface area (Å²) in [6.07, 6.45) is 4.11. The van der Waals surface area contributed by atoms with Crippen LogP contribution in [-0.4, -0.2) is 52.5 Å². The van der Waals surface area contributed by atoms with Crippen LogP contribution in [0.5, 0.6) is 0 Å². The molecule has 5 heteroatoms. The minimum atomic E-state index is -0.794. The van der Waals surface area contributed by atoms with Crippen LogP contribution in [-0.2, 0) is 0 Å². The lowest BCUT2D eigenvalue weighted by Gasteiger charge is -2.25. The maximum Gasteiger partial charge on any atom is 0.317 e. The first-order chi connectivity index (χ1) is 7.66. The molecule has 1 saturated heterocycles. The molecule has 0 aromatic carbocycles. The van der Waals surface area contributed by atoms with Gasteiger partial charge in [-0.2, -0.15) is 0 Å². The molecule has 0 spiro atoms. The van der Waals surface area contributed by atoms with E-state index >= 15 is 0 Å². The van der Waals surface area contributed by atoms with Gasteiger partial charge < -0.3 is 20.4 Å². The van der Waals surface area contributed by atoms with E-state index in [1.165, 1.54) is 24.2 Å². The average Bonchev–Trinajstić information content (AvgIpc) is 2.61. The Morgan fingerprint density at radius 2 is 1.62 bits per heavy atom. The Kier molecular flexibility index (Phi) is 3.66. The van der Waals surface area contributed by atoms with Gasteiger partial charge in [0.25, 0.3) is 0 Å². The second-order valence-electron chi connectivity index (χ2n) is 4.82. The molecule has 2 fully saturated rings. The quantitative estimate of drug-likeness (QED) is 0.594. The predicted molar refractivity (Wildman–Crippen MR) is 59.0 cm³/mol. The van der Waals surface area contributed by atoms with E-state index in [4.69, 9.17) is 0 Å². The van der Waals surface area contributed by atoms with Gasteiger partial charge in [0.1, 0.15) is 0 Å². The molecule has 2 rings (SSSR count). The van der Waals surface area contributed by atoms with Crippen molar-refractivity contribution >= 4 is 6.03 Å². The molecule has 2 amide bonds. The van der Waals surface area contributed by atoms with Gasteiger partial charge in [-0.1, -0.05) is 19.3 Å². The van der Waals surface area contributed by atoms with Gasteiger partial charge in [-0.3, -0.25) is 0 Å². The number of urea groups is 1. The van der Waals surface area contributed by atoms with E-state index in [9.17, 15) is 15.0 Å². The number of hydrogen-bond acceptors (Lipinski definition) is 3. The number of likely N-dealkylation sites (tertiary alicyclic amines) is 1. The van der Waals surface area contributed by atoms with Crippen LogP contribution in [0, 0.1) is 0 Å². The summed E-state index contributed by atoms with van der Waals surface area (Å²) in [5.74, 6) is 0. The fraction of sp³-hybridized carbons (Fsp3) is 0.909. The Morgan fingerprint density at radius 1 is 1.06 bits per heavy atom. The van der Waals surface area contributed by atoms with Gasteiger partial charge in [0.05, 0.1) is 25.3 Å². The molecule has 1 heterocycles. The first-order valence-corrected chi connectivity index (χ1v) is 6.08. The van der Waals surface area contributed by atoms with Crippen molar-refractivity contribution in [3.05, 3.63) is 0 Å². The molecule has 92 valence electrons. The molecule has 2 aliphatic rings. The molecule has 0 radical (unpaired) electrons. The van der Waals surface area contributed by atoms with E-state index in [-0.39, 0.29) is 25.2 Å². The number of nitrogens with one attached hydrogen (secondary N) is 1. The maximum absolute atomic E-state index is 11.8. The van der Waals surface area contributed by atoms with Crippen molar-refractivity contribution in [2.45, 2.75) is 50.4 Å². The van der Waals surface area contributed by atoms with E-state index in [0.717, 1.165) is 12.8 Å². The zero-order chi connectivity index (χ0) is 11.5. The van der Waals surface area contributed by atoms with E-state index < -0.39 is 12.2 Å². The van der Waals surface area contributed by atoms with Crippen molar-refractivity contribution in [3.63, 3.8) is 0 Å². The Bertz CT molecular complexity index is 244. The summed E-state index contributed by atoms with van der Waals surface area (Å²) in [5, 5.41) is 21.7. The highest BCUT2D eigenvalue weighted by Crippen LogP contribution is 2.18. The summed E-state index contributed by atoms with van der Waals surface area (Å²) in [7, 11) is 0. The van der Waals surface area contributed by atoms with Crippen LogP contribution in [0.1, 0.15) is 32.1 Å². The van der Waals surface area contributed by atoms with Crippen LogP contribution < -0.4 is 5.32 Å². The van der Waals surface area contributed by atoms with Crippen LogP contribution in [0.2, 0.25) is 0 Å². The van der Waals surface area contributed by atoms with Crippen LogP contribution in [0.3, 0.4) is 0 Å². The van der Waals surface area contributed by atoms with Crippen LogP contribution >= 0.6 is 0 Å². The van der Waals surface area contributed by atoms with Crippen LogP contribution in [0.15, 0.2) is 0 Å². The standard InChI is InChI=1S/C11H20N2O3/c14-9-6-13(7-10(9)15)11(16)12-8-4-2-1-3-5-8/h8-10,14-15H,1-7H2,(H,12,16)/t9-,10+. The molecule has 5 nitrogen and oxygen atoms in total. The molecule has 0 aromatic rings. The van der Waals surface area contributed by atoms with Gasteiger partial charge in [0.2, 0.25) is 0 Å². The minimum Gasteiger partial charge on any atom is -0.388 e. The van der Waals surface area contributed by atoms with Gasteiger partial charge in [-0.05, 0) is 12.8 Å². The Hall–Kier alpha value is -0.810. The van der Waals surface area contributed by atoms with Crippen molar-refractivity contribution in [1.29, 1.82) is 0 Å². The molecule has 16 heavy (non-hydrogen) atoms. The molecule has 1 saturated carbocycles. The number of nitrogens with zero attached hydrogens (tertiary/aromatic N) is 1. The van der Waals surface area contributed by atoms with Gasteiger partial charge >= 0.3 is 6.03 Å². The molecule has 0 bridgehead atoms. The van der Waals surface area contributed by atoms with Gasteiger partial charge in [-0.25, -0.2) is 4.79 Å². The first kappa shape index (κ1) is 11.7. The van der Waals surface area contributed by atoms with E-state index in [2.05, 4.69) is 5.32 Å². The highest BCUT2D eigenvalue weighted by molar-refractivity contribution is 5.75. The smallest absolute Gasteiger partial charge is 0.317 e. The summed E-state index contributed by atoms with van der Waals surface area (Å²) in [5.41, 5.74) is 0. The summed E-state index contributed by atoms with van der Waals surface area (Å²) in [6.45, 7) is 0.472. The average molecular weight is 228 g/mol. The normalized spacial score (nSPS) is 31.8. The number of carbonyl (C=O) groups excluding carboxylic acids is 1. The van der Waals surface area contributed by atoms with E-state index in [1.54, 1.807) is 0 Å². The fourth-order valence-corrected chi connectivity index (χ4v) is 2.45. The Balaban J connectivity index is 1.79. The second-order valence-corrected chi connectivity index (χ2v) is 4.82. The number of β-amino-alcohol motifs (C(OH)–C–C–N with tert-alkyl or cyclic N) is 2. The van der Waals surface area contributed by atoms with Gasteiger partial charge in [0, 0.05) is 6.04 Å². The fourth-order valence-electron chi connectivity index (χ4n) is 2.45. The lowest BCUT2D eigenvalue weighted by Crippen LogP contribution is -2.45. The molecule has 3 N–H and O–H groups in total. The number of hydrogen-bond donors (Lipinski definition) is 3. The zero-order valence-electron chi connectivity index (χ0n) is 9.43. The van der Waals surface area contributed by atoms with Crippen LogP contribution in [0.25, 0.3) is 0 Å². The highest BCUT2D eigenvalue weighted by Gasteiger charge is 2.33. The highest BCUT2D eigenvalue weighted by atomic mass is 16.3. The lowest BCUT2D eigenvalue weighted by molar-refractivity contribution is 0.0572. The Labute approximate surface area is 95.4 Å². The van der Waals surface area contributed by atoms with Crippen molar-refractivity contribution in [1.82, 2.24) is 10.2 Å². The molecular weight excluding hydrogens is 208 g/mol. The molecular formula is C11H20N2O3. The van der Waals surface area contributed by atoms with E-state index in [1.807, 2.05) is 0 Å². The van der Waals surface area contributed by atoms with Crippen molar-refractivity contribution < 1.29 is 15.0 Å². The van der Waals surface area contributed by atoms with Crippen molar-refractivity contribution in [2.75, 3.05) is 13.1 Å². The maximum atomic E-state index is 11.8. The number of carbonyl (C=O) groups is 1. The number of aliphatic hydroxyl groups excluding tert-OH is 2. The Morgan fingerprint density at radius 3 is 2.19 bits per heavy atom. The SMILES string of the molecule is O=C(NC1CCCCC1)N1C[C@@H](O)[C@@H](O)C1. The molecule has 1 aliphatic heterocycles. The summed E-state index contributed by atoms with van der Waals surface area (Å²) >= 11 is 0. The summed E-state index contributed by atoms with van der Waals surface area (Å²) in [4.78, 5) is 13.3. The van der Waals surface area contributed by atoms with E-state index in [0.29, 0.717) is 0 Å². The topological polar surface area (TPSA) is 72.8 Å². The number of rotatable bonds is 1. The third-order valence-corrected chi connectivity index (χ3v) is 3.48. The lowest BCUT2D eigenvalue weighted by atomic mass is 9.96. The minimum absolute atomic E-state index is 0.150. The molecule has 0 unspecified atom stereocenters. The zero-order valence-corrected chi connectivity index (χ0v) is 9.43. The monoisotopic (exact) mass is 228 g/mol. The molecule has 0 aromatic heterocycles. The van der Waals surface area contributed by atoms with Crippen LogP contribution in [0.4, 0.5) is 4.79 Å².